The molecule has 128 valence electrons. The van der Waals surface area contributed by atoms with Gasteiger partial charge in [-0.05, 0) is 38.5 Å². The van der Waals surface area contributed by atoms with Gasteiger partial charge in [0.1, 0.15) is 5.82 Å². The van der Waals surface area contributed by atoms with Crippen LogP contribution in [-0.4, -0.2) is 38.3 Å². The molecule has 1 N–H and O–H groups in total. The number of nitrogens with one attached hydrogen (secondary N) is 1. The zero-order valence-corrected chi connectivity index (χ0v) is 14.4. The van der Waals surface area contributed by atoms with Gasteiger partial charge in [-0.15, -0.1) is 10.2 Å². The molecule has 1 aromatic heterocycles. The van der Waals surface area contributed by atoms with Crippen molar-refractivity contribution in [1.29, 1.82) is 0 Å². The minimum atomic E-state index is 0.0391. The highest BCUT2D eigenvalue weighted by molar-refractivity contribution is 5.74. The SMILES string of the molecule is C[C@@H]1CCC[C@H](C)N(C(=O)NCc2nnc3n2CCCCC3)C1. The molecule has 2 atom stereocenters. The van der Waals surface area contributed by atoms with Gasteiger partial charge in [-0.25, -0.2) is 4.79 Å². The quantitative estimate of drug-likeness (QED) is 0.911. The van der Waals surface area contributed by atoms with Crippen LogP contribution in [0.4, 0.5) is 4.79 Å². The molecule has 1 saturated heterocycles. The molecule has 6 heteroatoms. The van der Waals surface area contributed by atoms with E-state index in [1.807, 2.05) is 4.90 Å². The molecule has 0 aliphatic carbocycles. The third-order valence-corrected chi connectivity index (χ3v) is 5.20. The first-order valence-corrected chi connectivity index (χ1v) is 9.10. The van der Waals surface area contributed by atoms with Crippen LogP contribution in [0.25, 0.3) is 0 Å². The maximum absolute atomic E-state index is 12.6. The van der Waals surface area contributed by atoms with Gasteiger partial charge in [0.2, 0.25) is 0 Å². The van der Waals surface area contributed by atoms with E-state index in [-0.39, 0.29) is 6.03 Å². The van der Waals surface area contributed by atoms with Crippen LogP contribution in [0.1, 0.15) is 64.0 Å². The largest absolute Gasteiger partial charge is 0.331 e. The maximum atomic E-state index is 12.6. The molecule has 2 aliphatic rings. The summed E-state index contributed by atoms with van der Waals surface area (Å²) in [5, 5.41) is 11.7. The number of rotatable bonds is 2. The van der Waals surface area contributed by atoms with Crippen LogP contribution in [0.5, 0.6) is 0 Å². The molecule has 2 amide bonds. The number of amides is 2. The Kier molecular flexibility index (Phi) is 5.18. The van der Waals surface area contributed by atoms with Gasteiger partial charge >= 0.3 is 6.03 Å². The van der Waals surface area contributed by atoms with E-state index in [0.717, 1.165) is 37.6 Å². The highest BCUT2D eigenvalue weighted by atomic mass is 16.2. The summed E-state index contributed by atoms with van der Waals surface area (Å²) in [6.45, 7) is 6.69. The zero-order valence-electron chi connectivity index (χ0n) is 14.4. The lowest BCUT2D eigenvalue weighted by atomic mass is 10.1. The van der Waals surface area contributed by atoms with Crippen LogP contribution in [0.3, 0.4) is 0 Å². The van der Waals surface area contributed by atoms with E-state index in [9.17, 15) is 4.79 Å². The number of aryl methyl sites for hydroxylation is 1. The summed E-state index contributed by atoms with van der Waals surface area (Å²) >= 11 is 0. The monoisotopic (exact) mass is 319 g/mol. The molecular formula is C17H29N5O. The average Bonchev–Trinajstić information content (AvgIpc) is 2.69. The van der Waals surface area contributed by atoms with Crippen molar-refractivity contribution in [2.75, 3.05) is 6.54 Å². The normalized spacial score (nSPS) is 25.4. The Morgan fingerprint density at radius 2 is 2.04 bits per heavy atom. The molecule has 2 aliphatic heterocycles. The second-order valence-corrected chi connectivity index (χ2v) is 7.19. The number of fused-ring (bicyclic) bond motifs is 1. The zero-order chi connectivity index (χ0) is 16.2. The Morgan fingerprint density at radius 1 is 1.17 bits per heavy atom. The molecular weight excluding hydrogens is 290 g/mol. The standard InChI is InChI=1S/C17H29N5O/c1-13-7-6-8-14(2)22(12-13)17(23)18-11-16-20-19-15-9-4-3-5-10-21(15)16/h13-14H,3-12H2,1-2H3,(H,18,23)/t13-,14+/m1/s1. The molecule has 0 radical (unpaired) electrons. The molecule has 0 aromatic carbocycles. The summed E-state index contributed by atoms with van der Waals surface area (Å²) in [5.41, 5.74) is 0. The molecule has 0 bridgehead atoms. The number of aromatic nitrogens is 3. The van der Waals surface area contributed by atoms with Crippen molar-refractivity contribution in [3.63, 3.8) is 0 Å². The summed E-state index contributed by atoms with van der Waals surface area (Å²) in [6.07, 6.45) is 8.13. The highest BCUT2D eigenvalue weighted by Gasteiger charge is 2.25. The van der Waals surface area contributed by atoms with E-state index < -0.39 is 0 Å². The van der Waals surface area contributed by atoms with E-state index in [2.05, 4.69) is 33.9 Å². The van der Waals surface area contributed by atoms with E-state index in [1.54, 1.807) is 0 Å². The van der Waals surface area contributed by atoms with Crippen LogP contribution in [0.15, 0.2) is 0 Å². The van der Waals surface area contributed by atoms with Crippen molar-refractivity contribution >= 4 is 6.03 Å². The van der Waals surface area contributed by atoms with Crippen molar-refractivity contribution < 1.29 is 4.79 Å². The van der Waals surface area contributed by atoms with Crippen molar-refractivity contribution in [3.05, 3.63) is 11.6 Å². The molecule has 3 rings (SSSR count). The molecule has 1 aromatic rings. The van der Waals surface area contributed by atoms with Gasteiger partial charge in [0, 0.05) is 25.6 Å². The Morgan fingerprint density at radius 3 is 2.91 bits per heavy atom. The topological polar surface area (TPSA) is 63.1 Å². The second kappa shape index (κ2) is 7.32. The Labute approximate surface area is 138 Å². The average molecular weight is 319 g/mol. The highest BCUT2D eigenvalue weighted by Crippen LogP contribution is 2.21. The first-order valence-electron chi connectivity index (χ1n) is 9.10. The van der Waals surface area contributed by atoms with Crippen molar-refractivity contribution in [1.82, 2.24) is 25.0 Å². The lowest BCUT2D eigenvalue weighted by molar-refractivity contribution is 0.172. The predicted molar refractivity (Wildman–Crippen MR) is 89.0 cm³/mol. The smallest absolute Gasteiger partial charge is 0.318 e. The van der Waals surface area contributed by atoms with Gasteiger partial charge in [0.15, 0.2) is 5.82 Å². The summed E-state index contributed by atoms with van der Waals surface area (Å²) in [4.78, 5) is 14.6. The lowest BCUT2D eigenvalue weighted by Gasteiger charge is -2.28. The van der Waals surface area contributed by atoms with Crippen LogP contribution >= 0.6 is 0 Å². The Bertz CT molecular complexity index is 541. The molecule has 23 heavy (non-hydrogen) atoms. The predicted octanol–water partition coefficient (Wildman–Crippen LogP) is 2.72. The third kappa shape index (κ3) is 3.85. The first kappa shape index (κ1) is 16.3. The number of carbonyl (C=O) groups excluding carboxylic acids is 1. The van der Waals surface area contributed by atoms with Gasteiger partial charge in [-0.1, -0.05) is 19.8 Å². The molecule has 0 unspecified atom stereocenters. The molecule has 1 fully saturated rings. The van der Waals surface area contributed by atoms with Crippen LogP contribution in [0.2, 0.25) is 0 Å². The molecule has 0 saturated carbocycles. The Balaban J connectivity index is 1.61. The van der Waals surface area contributed by atoms with Gasteiger partial charge in [-0.2, -0.15) is 0 Å². The van der Waals surface area contributed by atoms with Crippen molar-refractivity contribution in [2.24, 2.45) is 5.92 Å². The molecule has 6 nitrogen and oxygen atoms in total. The van der Waals surface area contributed by atoms with Gasteiger partial charge in [-0.3, -0.25) is 0 Å². The fourth-order valence-corrected chi connectivity index (χ4v) is 3.74. The van der Waals surface area contributed by atoms with Gasteiger partial charge in [0.25, 0.3) is 0 Å². The summed E-state index contributed by atoms with van der Waals surface area (Å²) in [6, 6.07) is 0.354. The lowest BCUT2D eigenvalue weighted by Crippen LogP contribution is -2.45. The molecule has 3 heterocycles. The van der Waals surface area contributed by atoms with Gasteiger partial charge < -0.3 is 14.8 Å². The van der Waals surface area contributed by atoms with Crippen LogP contribution < -0.4 is 5.32 Å². The summed E-state index contributed by atoms with van der Waals surface area (Å²) in [7, 11) is 0. The number of nitrogens with zero attached hydrogens (tertiary/aromatic N) is 4. The van der Waals surface area contributed by atoms with E-state index >= 15 is 0 Å². The van der Waals surface area contributed by atoms with Crippen LogP contribution in [-0.2, 0) is 19.5 Å². The van der Waals surface area contributed by atoms with E-state index in [1.165, 1.54) is 32.1 Å². The summed E-state index contributed by atoms with van der Waals surface area (Å²) < 4.78 is 2.20. The Hall–Kier alpha value is -1.59. The fraction of sp³-hybridized carbons (Fsp3) is 0.824. The van der Waals surface area contributed by atoms with E-state index in [4.69, 9.17) is 0 Å². The van der Waals surface area contributed by atoms with Gasteiger partial charge in [0.05, 0.1) is 6.54 Å². The van der Waals surface area contributed by atoms with E-state index in [0.29, 0.717) is 18.5 Å². The first-order chi connectivity index (χ1) is 11.1. The third-order valence-electron chi connectivity index (χ3n) is 5.20. The fourth-order valence-electron chi connectivity index (χ4n) is 3.74. The minimum Gasteiger partial charge on any atom is -0.331 e. The number of hydrogen-bond acceptors (Lipinski definition) is 3. The van der Waals surface area contributed by atoms with Crippen LogP contribution in [0, 0.1) is 5.92 Å². The molecule has 0 spiro atoms. The number of hydrogen-bond donors (Lipinski definition) is 1. The van der Waals surface area contributed by atoms with Crippen molar-refractivity contribution in [3.8, 4) is 0 Å². The summed E-state index contributed by atoms with van der Waals surface area (Å²) in [5.74, 6) is 2.55. The number of urea groups is 1. The number of carbonyl (C=O) groups is 1. The maximum Gasteiger partial charge on any atom is 0.318 e. The number of likely N-dealkylation sites (tertiary alicyclic amines) is 1. The van der Waals surface area contributed by atoms with Crippen molar-refractivity contribution in [2.45, 2.75) is 77.9 Å². The second-order valence-electron chi connectivity index (χ2n) is 7.19. The minimum absolute atomic E-state index is 0.0391.